The molecule has 1 aromatic rings. The molecule has 2 nitrogen and oxygen atoms in total. The maximum Gasteiger partial charge on any atom is 0.137 e. The van der Waals surface area contributed by atoms with Crippen molar-refractivity contribution in [2.75, 3.05) is 19.6 Å². The molecule has 108 valence electrons. The highest BCUT2D eigenvalue weighted by Gasteiger charge is 2.12. The number of hydrogen-bond donors (Lipinski definition) is 1. The van der Waals surface area contributed by atoms with E-state index in [-0.39, 0.29) is 11.9 Å². The molecule has 0 heterocycles. The van der Waals surface area contributed by atoms with Crippen molar-refractivity contribution in [1.82, 2.24) is 10.2 Å². The van der Waals surface area contributed by atoms with Crippen LogP contribution >= 0.6 is 15.9 Å². The number of nitrogens with one attached hydrogen (secondary N) is 1. The molecule has 1 N–H and O–H groups in total. The molecular weight excluding hydrogens is 307 g/mol. The summed E-state index contributed by atoms with van der Waals surface area (Å²) in [5.74, 6) is -0.216. The summed E-state index contributed by atoms with van der Waals surface area (Å²) >= 11 is 3.23. The zero-order valence-electron chi connectivity index (χ0n) is 12.2. The van der Waals surface area contributed by atoms with E-state index >= 15 is 0 Å². The molecule has 1 aromatic carbocycles. The summed E-state index contributed by atoms with van der Waals surface area (Å²) in [5, 5.41) is 3.56. The van der Waals surface area contributed by atoms with Gasteiger partial charge in [-0.05, 0) is 60.6 Å². The van der Waals surface area contributed by atoms with E-state index in [0.29, 0.717) is 10.5 Å². The van der Waals surface area contributed by atoms with Crippen LogP contribution in [0.4, 0.5) is 4.39 Å². The van der Waals surface area contributed by atoms with Gasteiger partial charge >= 0.3 is 0 Å². The number of hydrogen-bond acceptors (Lipinski definition) is 2. The molecule has 0 aliphatic carbocycles. The lowest BCUT2D eigenvalue weighted by molar-refractivity contribution is 0.264. The van der Waals surface area contributed by atoms with Gasteiger partial charge in [-0.2, -0.15) is 0 Å². The normalized spacial score (nSPS) is 14.7. The van der Waals surface area contributed by atoms with E-state index < -0.39 is 0 Å². The fourth-order valence-corrected chi connectivity index (χ4v) is 2.62. The molecule has 2 unspecified atom stereocenters. The van der Waals surface area contributed by atoms with Gasteiger partial charge in [0.1, 0.15) is 5.82 Å². The third kappa shape index (κ3) is 5.21. The zero-order valence-corrected chi connectivity index (χ0v) is 13.8. The molecule has 0 aliphatic heterocycles. The summed E-state index contributed by atoms with van der Waals surface area (Å²) in [6.07, 6.45) is 0. The van der Waals surface area contributed by atoms with Crippen LogP contribution in [0.2, 0.25) is 0 Å². The highest BCUT2D eigenvalue weighted by molar-refractivity contribution is 9.10. The number of benzene rings is 1. The lowest BCUT2D eigenvalue weighted by Gasteiger charge is -2.26. The molecular formula is C15H24BrFN2. The number of rotatable bonds is 7. The molecule has 4 heteroatoms. The van der Waals surface area contributed by atoms with Gasteiger partial charge in [0.15, 0.2) is 0 Å². The van der Waals surface area contributed by atoms with E-state index in [2.05, 4.69) is 53.8 Å². The van der Waals surface area contributed by atoms with Crippen LogP contribution < -0.4 is 5.32 Å². The second kappa shape index (κ2) is 7.98. The Labute approximate surface area is 124 Å². The second-order valence-electron chi connectivity index (χ2n) is 4.95. The average Bonchev–Trinajstić information content (AvgIpc) is 2.38. The van der Waals surface area contributed by atoms with Gasteiger partial charge in [-0.25, -0.2) is 4.39 Å². The molecule has 0 spiro atoms. The van der Waals surface area contributed by atoms with Crippen molar-refractivity contribution in [3.8, 4) is 0 Å². The molecule has 2 atom stereocenters. The van der Waals surface area contributed by atoms with Crippen molar-refractivity contribution in [1.29, 1.82) is 0 Å². The minimum Gasteiger partial charge on any atom is -0.306 e. The molecule has 0 saturated heterocycles. The SMILES string of the molecule is CCN(CC)CC(C)NC(C)c1ccc(F)c(Br)c1. The van der Waals surface area contributed by atoms with Crippen LogP contribution in [0.5, 0.6) is 0 Å². The van der Waals surface area contributed by atoms with E-state index in [0.717, 1.165) is 25.2 Å². The maximum atomic E-state index is 13.2. The molecule has 0 amide bonds. The topological polar surface area (TPSA) is 15.3 Å². The van der Waals surface area contributed by atoms with Crippen LogP contribution in [-0.2, 0) is 0 Å². The smallest absolute Gasteiger partial charge is 0.137 e. The van der Waals surface area contributed by atoms with Crippen molar-refractivity contribution in [3.63, 3.8) is 0 Å². The van der Waals surface area contributed by atoms with Gasteiger partial charge in [0.05, 0.1) is 4.47 Å². The lowest BCUT2D eigenvalue weighted by atomic mass is 10.1. The molecule has 0 aromatic heterocycles. The number of nitrogens with zero attached hydrogens (tertiary/aromatic N) is 1. The van der Waals surface area contributed by atoms with Crippen molar-refractivity contribution in [2.24, 2.45) is 0 Å². The Hall–Kier alpha value is -0.450. The first-order valence-electron chi connectivity index (χ1n) is 6.91. The van der Waals surface area contributed by atoms with Gasteiger partial charge in [-0.3, -0.25) is 0 Å². The monoisotopic (exact) mass is 330 g/mol. The van der Waals surface area contributed by atoms with Gasteiger partial charge in [0, 0.05) is 18.6 Å². The van der Waals surface area contributed by atoms with Crippen molar-refractivity contribution in [3.05, 3.63) is 34.1 Å². The average molecular weight is 331 g/mol. The van der Waals surface area contributed by atoms with Gasteiger partial charge in [0.2, 0.25) is 0 Å². The highest BCUT2D eigenvalue weighted by atomic mass is 79.9. The van der Waals surface area contributed by atoms with E-state index in [9.17, 15) is 4.39 Å². The van der Waals surface area contributed by atoms with E-state index in [4.69, 9.17) is 0 Å². The van der Waals surface area contributed by atoms with Crippen LogP contribution in [0.3, 0.4) is 0 Å². The summed E-state index contributed by atoms with van der Waals surface area (Å²) in [6, 6.07) is 5.80. The van der Waals surface area contributed by atoms with Gasteiger partial charge in [-0.1, -0.05) is 19.9 Å². The Bertz CT molecular complexity index is 394. The summed E-state index contributed by atoms with van der Waals surface area (Å²) in [4.78, 5) is 2.39. The third-order valence-corrected chi connectivity index (χ3v) is 4.01. The summed E-state index contributed by atoms with van der Waals surface area (Å²) in [5.41, 5.74) is 1.10. The first-order chi connectivity index (χ1) is 8.97. The van der Waals surface area contributed by atoms with E-state index in [1.807, 2.05) is 12.1 Å². The zero-order chi connectivity index (χ0) is 14.4. The fourth-order valence-electron chi connectivity index (χ4n) is 2.23. The van der Waals surface area contributed by atoms with Crippen LogP contribution in [0, 0.1) is 5.82 Å². The Kier molecular flexibility index (Phi) is 6.97. The van der Waals surface area contributed by atoms with Crippen LogP contribution in [0.25, 0.3) is 0 Å². The van der Waals surface area contributed by atoms with Crippen LogP contribution in [0.15, 0.2) is 22.7 Å². The second-order valence-corrected chi connectivity index (χ2v) is 5.80. The maximum absolute atomic E-state index is 13.2. The Balaban J connectivity index is 2.58. The lowest BCUT2D eigenvalue weighted by Crippen LogP contribution is -2.40. The summed E-state index contributed by atoms with van der Waals surface area (Å²) in [6.45, 7) is 11.8. The van der Waals surface area contributed by atoms with Crippen molar-refractivity contribution in [2.45, 2.75) is 39.8 Å². The predicted octanol–water partition coefficient (Wildman–Crippen LogP) is 3.97. The van der Waals surface area contributed by atoms with Crippen molar-refractivity contribution >= 4 is 15.9 Å². The Morgan fingerprint density at radius 3 is 2.42 bits per heavy atom. The molecule has 0 bridgehead atoms. The first-order valence-corrected chi connectivity index (χ1v) is 7.70. The molecule has 0 fully saturated rings. The van der Waals surface area contributed by atoms with Crippen LogP contribution in [-0.4, -0.2) is 30.6 Å². The minimum absolute atomic E-state index is 0.211. The molecule has 1 rings (SSSR count). The van der Waals surface area contributed by atoms with E-state index in [1.54, 1.807) is 0 Å². The van der Waals surface area contributed by atoms with Crippen molar-refractivity contribution < 1.29 is 4.39 Å². The quantitative estimate of drug-likeness (QED) is 0.813. The van der Waals surface area contributed by atoms with Crippen LogP contribution in [0.1, 0.15) is 39.3 Å². The standard InChI is InChI=1S/C15H24BrFN2/c1-5-19(6-2)10-11(3)18-12(4)13-7-8-15(17)14(16)9-13/h7-9,11-12,18H,5-6,10H2,1-4H3. The first kappa shape index (κ1) is 16.6. The molecule has 19 heavy (non-hydrogen) atoms. The largest absolute Gasteiger partial charge is 0.306 e. The fraction of sp³-hybridized carbons (Fsp3) is 0.600. The van der Waals surface area contributed by atoms with Gasteiger partial charge in [-0.15, -0.1) is 0 Å². The molecule has 0 radical (unpaired) electrons. The highest BCUT2D eigenvalue weighted by Crippen LogP contribution is 2.21. The molecule has 0 aliphatic rings. The van der Waals surface area contributed by atoms with Gasteiger partial charge < -0.3 is 10.2 Å². The Morgan fingerprint density at radius 2 is 1.89 bits per heavy atom. The predicted molar refractivity (Wildman–Crippen MR) is 82.9 cm³/mol. The third-order valence-electron chi connectivity index (χ3n) is 3.40. The summed E-state index contributed by atoms with van der Waals surface area (Å²) in [7, 11) is 0. The number of likely N-dealkylation sites (N-methyl/N-ethyl adjacent to an activating group) is 1. The summed E-state index contributed by atoms with van der Waals surface area (Å²) < 4.78 is 13.7. The van der Waals surface area contributed by atoms with E-state index in [1.165, 1.54) is 6.07 Å². The Morgan fingerprint density at radius 1 is 1.26 bits per heavy atom. The number of halogens is 2. The molecule has 0 saturated carbocycles. The minimum atomic E-state index is -0.216. The van der Waals surface area contributed by atoms with Gasteiger partial charge in [0.25, 0.3) is 0 Å².